The van der Waals surface area contributed by atoms with E-state index in [1.165, 1.54) is 12.8 Å². The third kappa shape index (κ3) is 3.89. The fourth-order valence-electron chi connectivity index (χ4n) is 2.58. The number of methoxy groups -OCH3 is 1. The summed E-state index contributed by atoms with van der Waals surface area (Å²) >= 11 is 3.50. The average molecular weight is 356 g/mol. The Morgan fingerprint density at radius 2 is 2.29 bits per heavy atom. The normalized spacial score (nSPS) is 16.8. The second-order valence-electron chi connectivity index (χ2n) is 5.41. The van der Waals surface area contributed by atoms with E-state index in [1.807, 2.05) is 18.2 Å². The minimum absolute atomic E-state index is 0.128. The van der Waals surface area contributed by atoms with Gasteiger partial charge in [0.25, 0.3) is 0 Å². The highest BCUT2D eigenvalue weighted by molar-refractivity contribution is 9.10. The Morgan fingerprint density at radius 1 is 1.57 bits per heavy atom. The number of anilines is 1. The molecule has 0 aromatic heterocycles. The predicted molar refractivity (Wildman–Crippen MR) is 88.1 cm³/mol. The van der Waals surface area contributed by atoms with Gasteiger partial charge in [-0.2, -0.15) is 0 Å². The monoisotopic (exact) mass is 355 g/mol. The van der Waals surface area contributed by atoms with E-state index in [1.54, 1.807) is 7.11 Å². The maximum absolute atomic E-state index is 9.01. The molecule has 0 bridgehead atoms. The number of oxime groups is 1. The van der Waals surface area contributed by atoms with Crippen LogP contribution in [0, 0.1) is 5.92 Å². The van der Waals surface area contributed by atoms with E-state index in [9.17, 15) is 0 Å². The van der Waals surface area contributed by atoms with Crippen LogP contribution in [0.2, 0.25) is 0 Å². The van der Waals surface area contributed by atoms with Crippen molar-refractivity contribution in [3.63, 3.8) is 0 Å². The van der Waals surface area contributed by atoms with Crippen LogP contribution in [0.15, 0.2) is 27.8 Å². The number of rotatable bonds is 7. The molecule has 1 aliphatic carbocycles. The van der Waals surface area contributed by atoms with Crippen LogP contribution in [0.1, 0.15) is 25.3 Å². The first-order valence-corrected chi connectivity index (χ1v) is 7.90. The average Bonchev–Trinajstić information content (AvgIpc) is 3.31. The summed E-state index contributed by atoms with van der Waals surface area (Å²) < 4.78 is 6.21. The molecule has 21 heavy (non-hydrogen) atoms. The van der Waals surface area contributed by atoms with Crippen molar-refractivity contribution in [2.45, 2.75) is 25.8 Å². The van der Waals surface area contributed by atoms with Gasteiger partial charge >= 0.3 is 0 Å². The fourth-order valence-corrected chi connectivity index (χ4v) is 2.93. The van der Waals surface area contributed by atoms with Gasteiger partial charge in [0.15, 0.2) is 5.84 Å². The number of amidine groups is 1. The molecule has 1 aromatic carbocycles. The summed E-state index contributed by atoms with van der Waals surface area (Å²) in [6.07, 6.45) is 2.52. The highest BCUT2D eigenvalue weighted by Gasteiger charge is 2.33. The second kappa shape index (κ2) is 7.13. The summed E-state index contributed by atoms with van der Waals surface area (Å²) in [6.45, 7) is 3.64. The molecule has 1 fully saturated rings. The molecule has 3 N–H and O–H groups in total. The zero-order chi connectivity index (χ0) is 15.4. The molecule has 0 saturated heterocycles. The van der Waals surface area contributed by atoms with Gasteiger partial charge < -0.3 is 20.6 Å². The molecule has 1 atom stereocenters. The standard InChI is InChI=1S/C15H22BrN3O2/c1-10(11-3-4-11)19(7-8-21-2)14-9-12(16)5-6-13(14)15(17)18-20/h5-6,9-11,20H,3-4,7-8H2,1-2H3,(H2,17,18). The minimum atomic E-state index is 0.128. The first kappa shape index (κ1) is 16.1. The molecular weight excluding hydrogens is 334 g/mol. The molecule has 2 rings (SSSR count). The zero-order valence-corrected chi connectivity index (χ0v) is 14.0. The van der Waals surface area contributed by atoms with Crippen molar-refractivity contribution >= 4 is 27.5 Å². The van der Waals surface area contributed by atoms with Gasteiger partial charge in [-0.05, 0) is 43.9 Å². The van der Waals surface area contributed by atoms with E-state index in [2.05, 4.69) is 32.9 Å². The summed E-state index contributed by atoms with van der Waals surface area (Å²) in [4.78, 5) is 2.29. The smallest absolute Gasteiger partial charge is 0.172 e. The Bertz CT molecular complexity index is 518. The SMILES string of the molecule is COCCN(c1cc(Br)ccc1/C(N)=N/O)C(C)C1CC1. The quantitative estimate of drug-likeness (QED) is 0.341. The van der Waals surface area contributed by atoms with Crippen LogP contribution in [0.3, 0.4) is 0 Å². The topological polar surface area (TPSA) is 71.1 Å². The van der Waals surface area contributed by atoms with Gasteiger partial charge in [0.05, 0.1) is 6.61 Å². The van der Waals surface area contributed by atoms with Gasteiger partial charge in [-0.25, -0.2) is 0 Å². The lowest BCUT2D eigenvalue weighted by Gasteiger charge is -2.33. The van der Waals surface area contributed by atoms with E-state index in [0.717, 1.165) is 22.3 Å². The van der Waals surface area contributed by atoms with Crippen molar-refractivity contribution in [1.82, 2.24) is 0 Å². The number of ether oxygens (including phenoxy) is 1. The number of nitrogens with two attached hydrogens (primary N) is 1. The maximum atomic E-state index is 9.01. The highest BCUT2D eigenvalue weighted by Crippen LogP contribution is 2.38. The molecule has 0 aliphatic heterocycles. The number of nitrogens with zero attached hydrogens (tertiary/aromatic N) is 2. The lowest BCUT2D eigenvalue weighted by atomic mass is 10.1. The van der Waals surface area contributed by atoms with Gasteiger partial charge in [0.1, 0.15) is 0 Å². The molecule has 116 valence electrons. The first-order valence-electron chi connectivity index (χ1n) is 7.11. The Balaban J connectivity index is 2.39. The second-order valence-corrected chi connectivity index (χ2v) is 6.33. The summed E-state index contributed by atoms with van der Waals surface area (Å²) in [5.41, 5.74) is 7.54. The van der Waals surface area contributed by atoms with Crippen molar-refractivity contribution in [1.29, 1.82) is 0 Å². The summed E-state index contributed by atoms with van der Waals surface area (Å²) in [7, 11) is 1.70. The fraction of sp³-hybridized carbons (Fsp3) is 0.533. The van der Waals surface area contributed by atoms with Gasteiger partial charge in [0, 0.05) is 35.4 Å². The molecular formula is C15H22BrN3O2. The van der Waals surface area contributed by atoms with Crippen LogP contribution in [0.5, 0.6) is 0 Å². The molecule has 1 unspecified atom stereocenters. The Labute approximate surface area is 133 Å². The van der Waals surface area contributed by atoms with Crippen LogP contribution in [-0.2, 0) is 4.74 Å². The van der Waals surface area contributed by atoms with Crippen LogP contribution in [0.25, 0.3) is 0 Å². The highest BCUT2D eigenvalue weighted by atomic mass is 79.9. The van der Waals surface area contributed by atoms with Gasteiger partial charge in [-0.3, -0.25) is 0 Å². The van der Waals surface area contributed by atoms with Crippen LogP contribution in [0.4, 0.5) is 5.69 Å². The zero-order valence-electron chi connectivity index (χ0n) is 12.4. The van der Waals surface area contributed by atoms with Gasteiger partial charge in [-0.1, -0.05) is 21.1 Å². The van der Waals surface area contributed by atoms with E-state index < -0.39 is 0 Å². The van der Waals surface area contributed by atoms with Crippen LogP contribution >= 0.6 is 15.9 Å². The summed E-state index contributed by atoms with van der Waals surface area (Å²) in [5.74, 6) is 0.837. The van der Waals surface area contributed by atoms with Crippen molar-refractivity contribution in [2.24, 2.45) is 16.8 Å². The van der Waals surface area contributed by atoms with E-state index >= 15 is 0 Å². The molecule has 5 nitrogen and oxygen atoms in total. The Kier molecular flexibility index (Phi) is 5.47. The molecule has 0 spiro atoms. The number of benzene rings is 1. The summed E-state index contributed by atoms with van der Waals surface area (Å²) in [5, 5.41) is 12.2. The molecule has 1 aliphatic rings. The maximum Gasteiger partial charge on any atom is 0.172 e. The van der Waals surface area contributed by atoms with Crippen molar-refractivity contribution < 1.29 is 9.94 Å². The van der Waals surface area contributed by atoms with E-state index in [4.69, 9.17) is 15.7 Å². The number of hydrogen-bond donors (Lipinski definition) is 2. The third-order valence-electron chi connectivity index (χ3n) is 3.99. The number of hydrogen-bond acceptors (Lipinski definition) is 4. The van der Waals surface area contributed by atoms with Crippen molar-refractivity contribution in [3.05, 3.63) is 28.2 Å². The largest absolute Gasteiger partial charge is 0.409 e. The lowest BCUT2D eigenvalue weighted by Crippen LogP contribution is -2.38. The molecule has 0 amide bonds. The van der Waals surface area contributed by atoms with Crippen LogP contribution in [-0.4, -0.2) is 37.3 Å². The first-order chi connectivity index (χ1) is 10.1. The van der Waals surface area contributed by atoms with Crippen LogP contribution < -0.4 is 10.6 Å². The molecule has 1 saturated carbocycles. The van der Waals surface area contributed by atoms with Gasteiger partial charge in [0.2, 0.25) is 0 Å². The summed E-state index contributed by atoms with van der Waals surface area (Å²) in [6, 6.07) is 6.18. The third-order valence-corrected chi connectivity index (χ3v) is 4.48. The van der Waals surface area contributed by atoms with Crippen molar-refractivity contribution in [3.8, 4) is 0 Å². The molecule has 1 aromatic rings. The molecule has 6 heteroatoms. The van der Waals surface area contributed by atoms with Gasteiger partial charge in [-0.15, -0.1) is 0 Å². The van der Waals surface area contributed by atoms with E-state index in [0.29, 0.717) is 18.6 Å². The molecule has 0 heterocycles. The lowest BCUT2D eigenvalue weighted by molar-refractivity contribution is 0.202. The molecule has 0 radical (unpaired) electrons. The minimum Gasteiger partial charge on any atom is -0.409 e. The predicted octanol–water partition coefficient (Wildman–Crippen LogP) is 2.79. The Hall–Kier alpha value is -1.27. The van der Waals surface area contributed by atoms with E-state index in [-0.39, 0.29) is 5.84 Å². The number of halogens is 1. The van der Waals surface area contributed by atoms with Crippen molar-refractivity contribution in [2.75, 3.05) is 25.2 Å². The Morgan fingerprint density at radius 3 is 2.86 bits per heavy atom.